The topological polar surface area (TPSA) is 93.0 Å². The number of fused-ring (bicyclic) bond motifs is 3. The van der Waals surface area contributed by atoms with E-state index in [0.29, 0.717) is 28.5 Å². The van der Waals surface area contributed by atoms with Crippen molar-refractivity contribution < 1.29 is 23.5 Å². The van der Waals surface area contributed by atoms with Crippen LogP contribution in [-0.2, 0) is 9.59 Å². The molecule has 8 nitrogen and oxygen atoms in total. The molecular weight excluding hydrogens is 422 g/mol. The molecule has 2 amide bonds. The molecule has 0 saturated carbocycles. The van der Waals surface area contributed by atoms with E-state index in [9.17, 15) is 9.59 Å². The highest BCUT2D eigenvalue weighted by atomic mass is 16.5. The Labute approximate surface area is 191 Å². The number of benzene rings is 3. The number of nitrogens with zero attached hydrogens (tertiary/aromatic N) is 1. The highest BCUT2D eigenvalue weighted by Crippen LogP contribution is 2.36. The lowest BCUT2D eigenvalue weighted by atomic mass is 10.1. The monoisotopic (exact) mass is 447 g/mol. The molecule has 1 heterocycles. The van der Waals surface area contributed by atoms with Crippen LogP contribution in [0.25, 0.3) is 21.9 Å². The van der Waals surface area contributed by atoms with Crippen molar-refractivity contribution in [1.29, 1.82) is 0 Å². The van der Waals surface area contributed by atoms with E-state index in [0.717, 1.165) is 16.4 Å². The number of amides is 2. The number of likely N-dealkylation sites (N-methyl/N-ethyl adjacent to an activating group) is 1. The molecule has 2 N–H and O–H groups in total. The van der Waals surface area contributed by atoms with E-state index < -0.39 is 0 Å². The van der Waals surface area contributed by atoms with Crippen LogP contribution in [-0.4, -0.2) is 51.1 Å². The number of carbonyl (C=O) groups is 2. The molecule has 33 heavy (non-hydrogen) atoms. The molecule has 0 unspecified atom stereocenters. The van der Waals surface area contributed by atoms with Gasteiger partial charge in [0.1, 0.15) is 22.7 Å². The van der Waals surface area contributed by atoms with Crippen molar-refractivity contribution in [3.8, 4) is 11.5 Å². The Morgan fingerprint density at radius 1 is 0.848 bits per heavy atom. The average Bonchev–Trinajstić information content (AvgIpc) is 3.15. The molecule has 0 atom stereocenters. The van der Waals surface area contributed by atoms with Crippen molar-refractivity contribution in [3.63, 3.8) is 0 Å². The summed E-state index contributed by atoms with van der Waals surface area (Å²) in [4.78, 5) is 26.6. The van der Waals surface area contributed by atoms with Crippen LogP contribution in [0, 0.1) is 0 Å². The highest BCUT2D eigenvalue weighted by molar-refractivity contribution is 6.08. The molecular formula is C25H25N3O5. The number of nitrogens with one attached hydrogen (secondary N) is 2. The van der Waals surface area contributed by atoms with Crippen LogP contribution in [0.15, 0.2) is 65.1 Å². The zero-order valence-electron chi connectivity index (χ0n) is 18.7. The van der Waals surface area contributed by atoms with E-state index in [-0.39, 0.29) is 24.9 Å². The van der Waals surface area contributed by atoms with Crippen molar-refractivity contribution >= 4 is 45.1 Å². The number of ether oxygens (including phenoxy) is 2. The van der Waals surface area contributed by atoms with Crippen molar-refractivity contribution in [2.75, 3.05) is 45.0 Å². The summed E-state index contributed by atoms with van der Waals surface area (Å²) in [5.74, 6) is 0.664. The lowest BCUT2D eigenvalue weighted by Gasteiger charge is -2.17. The maximum absolute atomic E-state index is 12.6. The maximum atomic E-state index is 12.6. The zero-order valence-corrected chi connectivity index (χ0v) is 18.7. The van der Waals surface area contributed by atoms with Crippen molar-refractivity contribution in [2.45, 2.75) is 0 Å². The van der Waals surface area contributed by atoms with E-state index in [1.165, 1.54) is 0 Å². The van der Waals surface area contributed by atoms with Gasteiger partial charge in [-0.05, 0) is 31.3 Å². The maximum Gasteiger partial charge on any atom is 0.238 e. The molecule has 1 aromatic heterocycles. The summed E-state index contributed by atoms with van der Waals surface area (Å²) in [6.45, 7) is 0.0667. The van der Waals surface area contributed by atoms with Crippen LogP contribution in [0.2, 0.25) is 0 Å². The minimum atomic E-state index is -0.277. The van der Waals surface area contributed by atoms with Crippen LogP contribution < -0.4 is 20.1 Å². The fourth-order valence-corrected chi connectivity index (χ4v) is 3.66. The number of furan rings is 1. The standard InChI is InChI=1S/C25H25N3O5/c1-28(14-24(29)26-16-7-6-8-17(11-16)31-2)15-25(30)27-20-13-22-19(12-23(20)32-3)18-9-4-5-10-21(18)33-22/h4-13H,14-15H2,1-3H3,(H,26,29)(H,27,30). The SMILES string of the molecule is COc1cccc(NC(=O)CN(C)CC(=O)Nc2cc3oc4ccccc4c3cc2OC)c1. The third-order valence-electron chi connectivity index (χ3n) is 5.15. The molecule has 0 saturated heterocycles. The zero-order chi connectivity index (χ0) is 23.4. The third-order valence-corrected chi connectivity index (χ3v) is 5.15. The van der Waals surface area contributed by atoms with Gasteiger partial charge in [0.25, 0.3) is 0 Å². The van der Waals surface area contributed by atoms with Gasteiger partial charge in [0.05, 0.1) is 33.0 Å². The van der Waals surface area contributed by atoms with Gasteiger partial charge in [0, 0.05) is 28.6 Å². The van der Waals surface area contributed by atoms with Crippen molar-refractivity contribution in [1.82, 2.24) is 4.90 Å². The second-order valence-corrected chi connectivity index (χ2v) is 7.65. The Hall–Kier alpha value is -4.04. The largest absolute Gasteiger partial charge is 0.497 e. The van der Waals surface area contributed by atoms with Gasteiger partial charge in [-0.15, -0.1) is 0 Å². The number of carbonyl (C=O) groups excluding carboxylic acids is 2. The Morgan fingerprint density at radius 3 is 2.36 bits per heavy atom. The lowest BCUT2D eigenvalue weighted by Crippen LogP contribution is -2.36. The van der Waals surface area contributed by atoms with Crippen LogP contribution in [0.4, 0.5) is 11.4 Å². The minimum absolute atomic E-state index is 0.0207. The number of methoxy groups -OCH3 is 2. The molecule has 0 aliphatic heterocycles. The average molecular weight is 447 g/mol. The summed E-state index contributed by atoms with van der Waals surface area (Å²) in [5, 5.41) is 7.54. The van der Waals surface area contributed by atoms with Gasteiger partial charge in [0.15, 0.2) is 0 Å². The molecule has 0 fully saturated rings. The second-order valence-electron chi connectivity index (χ2n) is 7.65. The first kappa shape index (κ1) is 22.2. The van der Waals surface area contributed by atoms with E-state index in [4.69, 9.17) is 13.9 Å². The molecule has 3 aromatic carbocycles. The van der Waals surface area contributed by atoms with Gasteiger partial charge < -0.3 is 24.5 Å². The summed E-state index contributed by atoms with van der Waals surface area (Å²) >= 11 is 0. The van der Waals surface area contributed by atoms with Crippen LogP contribution in [0.1, 0.15) is 0 Å². The first-order chi connectivity index (χ1) is 16.0. The molecule has 0 aliphatic carbocycles. The van der Waals surface area contributed by atoms with Gasteiger partial charge in [-0.2, -0.15) is 0 Å². The fraction of sp³-hybridized carbons (Fsp3) is 0.200. The summed E-state index contributed by atoms with van der Waals surface area (Å²) < 4.78 is 16.5. The van der Waals surface area contributed by atoms with Gasteiger partial charge in [-0.3, -0.25) is 14.5 Å². The molecule has 0 aliphatic rings. The normalized spacial score (nSPS) is 11.0. The van der Waals surface area contributed by atoms with Gasteiger partial charge in [0.2, 0.25) is 11.8 Å². The molecule has 0 radical (unpaired) electrons. The number of para-hydroxylation sites is 1. The third kappa shape index (κ3) is 5.07. The first-order valence-electron chi connectivity index (χ1n) is 10.4. The van der Waals surface area contributed by atoms with Gasteiger partial charge >= 0.3 is 0 Å². The molecule has 4 aromatic rings. The molecule has 0 bridgehead atoms. The summed E-state index contributed by atoms with van der Waals surface area (Å²) in [6.07, 6.45) is 0. The number of hydrogen-bond acceptors (Lipinski definition) is 6. The summed E-state index contributed by atoms with van der Waals surface area (Å²) in [6, 6.07) is 18.4. The van der Waals surface area contributed by atoms with E-state index in [1.54, 1.807) is 56.5 Å². The first-order valence-corrected chi connectivity index (χ1v) is 10.4. The number of rotatable bonds is 8. The Morgan fingerprint density at radius 2 is 1.61 bits per heavy atom. The highest BCUT2D eigenvalue weighted by Gasteiger charge is 2.16. The fourth-order valence-electron chi connectivity index (χ4n) is 3.66. The van der Waals surface area contributed by atoms with Crippen molar-refractivity contribution in [2.24, 2.45) is 0 Å². The smallest absolute Gasteiger partial charge is 0.238 e. The minimum Gasteiger partial charge on any atom is -0.497 e. The number of anilines is 2. The summed E-state index contributed by atoms with van der Waals surface area (Å²) in [5.41, 5.74) is 2.54. The Kier molecular flexibility index (Phi) is 6.46. The van der Waals surface area contributed by atoms with Crippen LogP contribution in [0.3, 0.4) is 0 Å². The second kappa shape index (κ2) is 9.62. The van der Waals surface area contributed by atoms with Gasteiger partial charge in [-0.25, -0.2) is 0 Å². The van der Waals surface area contributed by atoms with Crippen molar-refractivity contribution in [3.05, 3.63) is 60.7 Å². The van der Waals surface area contributed by atoms with Crippen LogP contribution >= 0.6 is 0 Å². The van der Waals surface area contributed by atoms with E-state index in [2.05, 4.69) is 10.6 Å². The van der Waals surface area contributed by atoms with Gasteiger partial charge in [-0.1, -0.05) is 24.3 Å². The quantitative estimate of drug-likeness (QED) is 0.422. The molecule has 0 spiro atoms. The van der Waals surface area contributed by atoms with E-state index in [1.807, 2.05) is 30.3 Å². The molecule has 4 rings (SSSR count). The Balaban J connectivity index is 1.40. The lowest BCUT2D eigenvalue weighted by molar-refractivity contribution is -0.119. The predicted molar refractivity (Wildman–Crippen MR) is 128 cm³/mol. The predicted octanol–water partition coefficient (Wildman–Crippen LogP) is 4.11. The molecule has 170 valence electrons. The molecule has 8 heteroatoms. The van der Waals surface area contributed by atoms with E-state index >= 15 is 0 Å². The summed E-state index contributed by atoms with van der Waals surface area (Å²) in [7, 11) is 4.81. The van der Waals surface area contributed by atoms with Crippen LogP contribution in [0.5, 0.6) is 11.5 Å². The number of hydrogen-bond donors (Lipinski definition) is 2. The Bertz CT molecular complexity index is 1310.